The molecule has 4 aromatic rings. The zero-order valence-corrected chi connectivity index (χ0v) is 17.0. The molecule has 0 unspecified atom stereocenters. The number of nitrogens with one attached hydrogen (secondary N) is 1. The van der Waals surface area contributed by atoms with Gasteiger partial charge in [-0.1, -0.05) is 23.7 Å². The van der Waals surface area contributed by atoms with Gasteiger partial charge < -0.3 is 10.1 Å². The lowest BCUT2D eigenvalue weighted by atomic mass is 10.2. The average Bonchev–Trinajstić information content (AvgIpc) is 3.40. The first-order valence-electron chi connectivity index (χ1n) is 8.99. The van der Waals surface area contributed by atoms with E-state index in [1.165, 1.54) is 11.3 Å². The van der Waals surface area contributed by atoms with Gasteiger partial charge in [-0.25, -0.2) is 0 Å². The summed E-state index contributed by atoms with van der Waals surface area (Å²) < 4.78 is 7.57. The summed E-state index contributed by atoms with van der Waals surface area (Å²) in [4.78, 5) is 13.2. The highest BCUT2D eigenvalue weighted by atomic mass is 35.5. The van der Waals surface area contributed by atoms with E-state index in [9.17, 15) is 4.79 Å². The van der Waals surface area contributed by atoms with Crippen LogP contribution in [0.5, 0.6) is 5.75 Å². The molecule has 2 aromatic carbocycles. The molecule has 29 heavy (non-hydrogen) atoms. The number of thiophene rings is 1. The molecule has 0 bridgehead atoms. The van der Waals surface area contributed by atoms with E-state index < -0.39 is 0 Å². The molecule has 0 radical (unpaired) electrons. The van der Waals surface area contributed by atoms with E-state index >= 15 is 0 Å². The number of anilines is 1. The molecule has 0 fully saturated rings. The fourth-order valence-electron chi connectivity index (χ4n) is 2.79. The van der Waals surface area contributed by atoms with Crippen LogP contribution in [0.2, 0.25) is 5.02 Å². The summed E-state index contributed by atoms with van der Waals surface area (Å²) >= 11 is 7.27. The fraction of sp³-hybridized carbons (Fsp3) is 0.0909. The highest BCUT2D eigenvalue weighted by Gasteiger charge is 2.10. The molecule has 146 valence electrons. The minimum Gasteiger partial charge on any atom is -0.489 e. The van der Waals surface area contributed by atoms with Crippen LogP contribution >= 0.6 is 22.9 Å². The molecule has 0 spiro atoms. The van der Waals surface area contributed by atoms with Gasteiger partial charge in [0.1, 0.15) is 12.4 Å². The van der Waals surface area contributed by atoms with Crippen molar-refractivity contribution >= 4 is 34.5 Å². The fourth-order valence-corrected chi connectivity index (χ4v) is 3.71. The van der Waals surface area contributed by atoms with Crippen LogP contribution in [0.1, 0.15) is 20.8 Å². The van der Waals surface area contributed by atoms with Gasteiger partial charge in [-0.2, -0.15) is 5.10 Å². The van der Waals surface area contributed by atoms with Crippen LogP contribution in [0, 0.1) is 0 Å². The van der Waals surface area contributed by atoms with Gasteiger partial charge in [0, 0.05) is 28.7 Å². The van der Waals surface area contributed by atoms with Crippen molar-refractivity contribution in [2.75, 3.05) is 5.32 Å². The molecule has 0 saturated heterocycles. The van der Waals surface area contributed by atoms with Crippen LogP contribution in [0.15, 0.2) is 78.4 Å². The van der Waals surface area contributed by atoms with Gasteiger partial charge in [-0.3, -0.25) is 9.48 Å². The third kappa shape index (κ3) is 5.25. The van der Waals surface area contributed by atoms with E-state index in [-0.39, 0.29) is 5.91 Å². The Bertz CT molecular complexity index is 1090. The SMILES string of the molecule is O=C(Nc1cccc(Cn2cccn2)c1)c1cc(COc2ccc(Cl)cc2)cs1. The Kier molecular flexibility index (Phi) is 5.93. The van der Waals surface area contributed by atoms with E-state index in [0.717, 1.165) is 22.6 Å². The molecule has 0 atom stereocenters. The first-order chi connectivity index (χ1) is 14.2. The second-order valence-electron chi connectivity index (χ2n) is 6.42. The Morgan fingerprint density at radius 2 is 1.97 bits per heavy atom. The quantitative estimate of drug-likeness (QED) is 0.428. The molecular formula is C22H18ClN3O2S. The van der Waals surface area contributed by atoms with Crippen molar-refractivity contribution in [1.82, 2.24) is 9.78 Å². The maximum absolute atomic E-state index is 12.6. The van der Waals surface area contributed by atoms with E-state index in [2.05, 4.69) is 10.4 Å². The Balaban J connectivity index is 1.36. The molecule has 0 aliphatic carbocycles. The van der Waals surface area contributed by atoms with Gasteiger partial charge in [0.15, 0.2) is 0 Å². The first-order valence-corrected chi connectivity index (χ1v) is 10.2. The van der Waals surface area contributed by atoms with Gasteiger partial charge in [0.2, 0.25) is 0 Å². The highest BCUT2D eigenvalue weighted by molar-refractivity contribution is 7.12. The average molecular weight is 424 g/mol. The molecule has 4 rings (SSSR count). The maximum atomic E-state index is 12.6. The lowest BCUT2D eigenvalue weighted by Gasteiger charge is -2.07. The second kappa shape index (κ2) is 8.94. The van der Waals surface area contributed by atoms with E-state index in [1.807, 2.05) is 64.8 Å². The van der Waals surface area contributed by atoms with Crippen LogP contribution in [0.25, 0.3) is 0 Å². The zero-order valence-electron chi connectivity index (χ0n) is 15.4. The standard InChI is InChI=1S/C22H18ClN3O2S/c23-18-5-7-20(8-6-18)28-14-17-12-21(29-15-17)22(27)25-19-4-1-3-16(11-19)13-26-10-2-9-24-26/h1-12,15H,13-14H2,(H,25,27). The summed E-state index contributed by atoms with van der Waals surface area (Å²) in [5, 5.41) is 9.76. The number of carbonyl (C=O) groups excluding carboxylic acids is 1. The monoisotopic (exact) mass is 423 g/mol. The molecule has 7 heteroatoms. The van der Waals surface area contributed by atoms with Gasteiger partial charge >= 0.3 is 0 Å². The predicted octanol–water partition coefficient (Wildman–Crippen LogP) is 5.48. The summed E-state index contributed by atoms with van der Waals surface area (Å²) in [5.41, 5.74) is 2.77. The smallest absolute Gasteiger partial charge is 0.265 e. The molecule has 1 N–H and O–H groups in total. The Hall–Kier alpha value is -3.09. The second-order valence-corrected chi connectivity index (χ2v) is 7.77. The Morgan fingerprint density at radius 1 is 1.10 bits per heavy atom. The third-order valence-corrected chi connectivity index (χ3v) is 5.42. The topological polar surface area (TPSA) is 56.2 Å². The lowest BCUT2D eigenvalue weighted by Crippen LogP contribution is -2.10. The molecule has 1 amide bonds. The van der Waals surface area contributed by atoms with Crippen molar-refractivity contribution < 1.29 is 9.53 Å². The molecule has 0 aliphatic rings. The van der Waals surface area contributed by atoms with Gasteiger partial charge in [0.25, 0.3) is 5.91 Å². The predicted molar refractivity (Wildman–Crippen MR) is 116 cm³/mol. The molecule has 5 nitrogen and oxygen atoms in total. The van der Waals surface area contributed by atoms with Crippen molar-refractivity contribution in [3.8, 4) is 5.75 Å². The largest absolute Gasteiger partial charge is 0.489 e. The van der Waals surface area contributed by atoms with Crippen LogP contribution in [0.4, 0.5) is 5.69 Å². The zero-order chi connectivity index (χ0) is 20.1. The summed E-state index contributed by atoms with van der Waals surface area (Å²) in [6.07, 6.45) is 3.65. The van der Waals surface area contributed by atoms with Crippen LogP contribution in [0.3, 0.4) is 0 Å². The number of benzene rings is 2. The number of rotatable bonds is 7. The number of hydrogen-bond donors (Lipinski definition) is 1. The van der Waals surface area contributed by atoms with E-state index in [0.29, 0.717) is 23.1 Å². The van der Waals surface area contributed by atoms with Crippen molar-refractivity contribution in [2.45, 2.75) is 13.2 Å². The van der Waals surface area contributed by atoms with Gasteiger partial charge in [-0.05, 0) is 59.5 Å². The summed E-state index contributed by atoms with van der Waals surface area (Å²) in [7, 11) is 0. The van der Waals surface area contributed by atoms with E-state index in [4.69, 9.17) is 16.3 Å². The van der Waals surface area contributed by atoms with Crippen LogP contribution in [-0.2, 0) is 13.2 Å². The van der Waals surface area contributed by atoms with Crippen molar-refractivity contribution in [1.29, 1.82) is 0 Å². The number of carbonyl (C=O) groups is 1. The highest BCUT2D eigenvalue weighted by Crippen LogP contribution is 2.21. The molecule has 0 saturated carbocycles. The Morgan fingerprint density at radius 3 is 2.76 bits per heavy atom. The van der Waals surface area contributed by atoms with Crippen molar-refractivity contribution in [2.24, 2.45) is 0 Å². The molecule has 0 aliphatic heterocycles. The van der Waals surface area contributed by atoms with Crippen LogP contribution < -0.4 is 10.1 Å². The van der Waals surface area contributed by atoms with Crippen molar-refractivity contribution in [3.63, 3.8) is 0 Å². The third-order valence-electron chi connectivity index (χ3n) is 4.19. The van der Waals surface area contributed by atoms with Crippen LogP contribution in [-0.4, -0.2) is 15.7 Å². The van der Waals surface area contributed by atoms with Gasteiger partial charge in [0.05, 0.1) is 11.4 Å². The molecule has 2 heterocycles. The van der Waals surface area contributed by atoms with Gasteiger partial charge in [-0.15, -0.1) is 11.3 Å². The number of ether oxygens (including phenoxy) is 1. The minimum absolute atomic E-state index is 0.135. The van der Waals surface area contributed by atoms with Crippen molar-refractivity contribution in [3.05, 3.63) is 99.5 Å². The summed E-state index contributed by atoms with van der Waals surface area (Å²) in [5.74, 6) is 0.601. The number of amides is 1. The maximum Gasteiger partial charge on any atom is 0.265 e. The minimum atomic E-state index is -0.135. The summed E-state index contributed by atoms with van der Waals surface area (Å²) in [6.45, 7) is 1.05. The summed E-state index contributed by atoms with van der Waals surface area (Å²) in [6, 6.07) is 18.7. The Labute approximate surface area is 177 Å². The number of hydrogen-bond acceptors (Lipinski definition) is 4. The lowest BCUT2D eigenvalue weighted by molar-refractivity contribution is 0.103. The molecular weight excluding hydrogens is 406 g/mol. The number of halogens is 1. The molecule has 2 aromatic heterocycles. The normalized spacial score (nSPS) is 10.7. The van der Waals surface area contributed by atoms with E-state index in [1.54, 1.807) is 18.3 Å². The number of nitrogens with zero attached hydrogens (tertiary/aromatic N) is 2. The first kappa shape index (κ1) is 19.2. The number of aromatic nitrogens is 2.